The Morgan fingerprint density at radius 3 is 2.43 bits per heavy atom. The van der Waals surface area contributed by atoms with Crippen molar-refractivity contribution in [2.45, 2.75) is 39.7 Å². The number of carbonyl (C=O) groups excluding carboxylic acids is 2. The number of carbonyl (C=O) groups is 2. The van der Waals surface area contributed by atoms with E-state index in [2.05, 4.69) is 0 Å². The van der Waals surface area contributed by atoms with Crippen LogP contribution in [0.4, 0.5) is 0 Å². The number of ether oxygens (including phenoxy) is 1. The van der Waals surface area contributed by atoms with Crippen LogP contribution < -0.4 is 4.74 Å². The van der Waals surface area contributed by atoms with Gasteiger partial charge in [0, 0.05) is 13.0 Å². The highest BCUT2D eigenvalue weighted by molar-refractivity contribution is 6.09. The second kappa shape index (κ2) is 9.73. The van der Waals surface area contributed by atoms with Crippen LogP contribution in [-0.4, -0.2) is 60.4 Å². The minimum atomic E-state index is -0.559. The van der Waals surface area contributed by atoms with Gasteiger partial charge in [0.2, 0.25) is 0 Å². The van der Waals surface area contributed by atoms with Crippen LogP contribution in [0.2, 0.25) is 0 Å². The maximum atomic E-state index is 12.9. The molecule has 28 heavy (non-hydrogen) atoms. The average Bonchev–Trinajstić information content (AvgIpc) is 2.87. The Bertz CT molecular complexity index is 723. The lowest BCUT2D eigenvalue weighted by Gasteiger charge is -2.27. The number of aliphatic hydroxyl groups excluding tert-OH is 1. The van der Waals surface area contributed by atoms with Crippen LogP contribution in [0.5, 0.6) is 5.75 Å². The lowest BCUT2D eigenvalue weighted by atomic mass is 9.92. The van der Waals surface area contributed by atoms with Gasteiger partial charge in [0.1, 0.15) is 5.75 Å². The molecule has 1 amide bonds. The van der Waals surface area contributed by atoms with E-state index in [1.807, 2.05) is 64.0 Å². The highest BCUT2D eigenvalue weighted by atomic mass is 16.5. The van der Waals surface area contributed by atoms with Gasteiger partial charge in [-0.1, -0.05) is 26.0 Å². The molecule has 154 valence electrons. The highest BCUT2D eigenvalue weighted by Gasteiger charge is 2.43. The number of Topliss-reactive ketones (excluding diaryl/α,β-unsaturated/α-hetero) is 1. The monoisotopic (exact) mass is 388 g/mol. The number of nitrogens with zero attached hydrogens (tertiary/aromatic N) is 2. The maximum absolute atomic E-state index is 12.9. The van der Waals surface area contributed by atoms with Gasteiger partial charge in [-0.2, -0.15) is 0 Å². The predicted molar refractivity (Wildman–Crippen MR) is 109 cm³/mol. The van der Waals surface area contributed by atoms with E-state index in [-0.39, 0.29) is 17.3 Å². The molecule has 6 nitrogen and oxygen atoms in total. The normalized spacial score (nSPS) is 17.2. The van der Waals surface area contributed by atoms with Crippen molar-refractivity contribution in [3.8, 4) is 5.75 Å². The van der Waals surface area contributed by atoms with E-state index in [0.717, 1.165) is 24.3 Å². The summed E-state index contributed by atoms with van der Waals surface area (Å²) in [6, 6.07) is 6.84. The second-order valence-electron chi connectivity index (χ2n) is 7.84. The Labute approximate surface area is 167 Å². The maximum Gasteiger partial charge on any atom is 0.290 e. The molecule has 0 aromatic heterocycles. The summed E-state index contributed by atoms with van der Waals surface area (Å²) in [7, 11) is 3.95. The molecule has 2 rings (SSSR count). The van der Waals surface area contributed by atoms with Crippen molar-refractivity contribution in [2.24, 2.45) is 5.92 Å². The predicted octanol–water partition coefficient (Wildman–Crippen LogP) is 3.35. The van der Waals surface area contributed by atoms with Gasteiger partial charge < -0.3 is 19.6 Å². The average molecular weight is 389 g/mol. The summed E-state index contributed by atoms with van der Waals surface area (Å²) in [6.07, 6.45) is 1.05. The van der Waals surface area contributed by atoms with Gasteiger partial charge in [-0.3, -0.25) is 9.59 Å². The van der Waals surface area contributed by atoms with Gasteiger partial charge in [0.05, 0.1) is 18.2 Å². The third-order valence-corrected chi connectivity index (χ3v) is 4.71. The van der Waals surface area contributed by atoms with Gasteiger partial charge in [-0.15, -0.1) is 0 Å². The summed E-state index contributed by atoms with van der Waals surface area (Å²) < 4.78 is 5.50. The highest BCUT2D eigenvalue weighted by Crippen LogP contribution is 2.39. The van der Waals surface area contributed by atoms with Crippen molar-refractivity contribution in [3.05, 3.63) is 41.2 Å². The second-order valence-corrected chi connectivity index (χ2v) is 7.84. The molecular formula is C22H32N2O4. The standard InChI is InChI=1S/C22H32N2O4/c1-6-28-17-10-8-16(9-11-17)20-19(18(25)14-15(2)3)21(26)22(27)24(20)13-7-12-23(4)5/h8-11,15,20,26H,6-7,12-14H2,1-5H3. The van der Waals surface area contributed by atoms with Gasteiger partial charge in [0.15, 0.2) is 11.5 Å². The van der Waals surface area contributed by atoms with E-state index in [4.69, 9.17) is 4.74 Å². The number of benzene rings is 1. The minimum absolute atomic E-state index is 0.145. The third kappa shape index (κ3) is 5.13. The molecule has 1 atom stereocenters. The molecule has 1 aliphatic heterocycles. The zero-order valence-corrected chi connectivity index (χ0v) is 17.6. The third-order valence-electron chi connectivity index (χ3n) is 4.71. The Morgan fingerprint density at radius 2 is 1.89 bits per heavy atom. The van der Waals surface area contributed by atoms with Crippen LogP contribution in [-0.2, 0) is 9.59 Å². The topological polar surface area (TPSA) is 70.1 Å². The largest absolute Gasteiger partial charge is 0.503 e. The molecule has 1 heterocycles. The van der Waals surface area contributed by atoms with E-state index >= 15 is 0 Å². The van der Waals surface area contributed by atoms with Crippen molar-refractivity contribution < 1.29 is 19.4 Å². The van der Waals surface area contributed by atoms with Crippen molar-refractivity contribution >= 4 is 11.7 Å². The molecule has 1 aromatic carbocycles. The summed E-state index contributed by atoms with van der Waals surface area (Å²) in [5.74, 6) is -0.168. The summed E-state index contributed by atoms with van der Waals surface area (Å²) >= 11 is 0. The van der Waals surface area contributed by atoms with Crippen LogP contribution in [0.1, 0.15) is 45.2 Å². The van der Waals surface area contributed by atoms with Gasteiger partial charge in [0.25, 0.3) is 5.91 Å². The summed E-state index contributed by atoms with van der Waals surface area (Å²) in [5, 5.41) is 10.5. The molecule has 0 saturated heterocycles. The smallest absolute Gasteiger partial charge is 0.290 e. The first-order valence-electron chi connectivity index (χ1n) is 9.91. The molecule has 0 spiro atoms. The van der Waals surface area contributed by atoms with Crippen molar-refractivity contribution in [2.75, 3.05) is 33.8 Å². The molecule has 0 aliphatic carbocycles. The Balaban J connectivity index is 2.37. The molecule has 1 aliphatic rings. The first-order chi connectivity index (χ1) is 13.3. The van der Waals surface area contributed by atoms with Crippen molar-refractivity contribution in [1.82, 2.24) is 9.80 Å². The zero-order valence-electron chi connectivity index (χ0n) is 17.6. The number of hydrogen-bond acceptors (Lipinski definition) is 5. The fourth-order valence-corrected chi connectivity index (χ4v) is 3.47. The zero-order chi connectivity index (χ0) is 20.8. The lowest BCUT2D eigenvalue weighted by molar-refractivity contribution is -0.129. The van der Waals surface area contributed by atoms with Crippen LogP contribution in [0, 0.1) is 5.92 Å². The number of rotatable bonds is 10. The SMILES string of the molecule is CCOc1ccc(C2C(C(=O)CC(C)C)=C(O)C(=O)N2CCCN(C)C)cc1. The quantitative estimate of drug-likeness (QED) is 0.666. The van der Waals surface area contributed by atoms with Crippen LogP contribution in [0.25, 0.3) is 0 Å². The van der Waals surface area contributed by atoms with Gasteiger partial charge >= 0.3 is 0 Å². The molecule has 1 N–H and O–H groups in total. The Morgan fingerprint density at radius 1 is 1.25 bits per heavy atom. The fraction of sp³-hybridized carbons (Fsp3) is 0.545. The van der Waals surface area contributed by atoms with Crippen LogP contribution in [0.15, 0.2) is 35.6 Å². The van der Waals surface area contributed by atoms with E-state index in [1.54, 1.807) is 4.90 Å². The van der Waals surface area contributed by atoms with E-state index in [1.165, 1.54) is 0 Å². The van der Waals surface area contributed by atoms with Crippen molar-refractivity contribution in [3.63, 3.8) is 0 Å². The molecule has 0 saturated carbocycles. The van der Waals surface area contributed by atoms with E-state index in [0.29, 0.717) is 19.6 Å². The lowest BCUT2D eigenvalue weighted by Crippen LogP contribution is -2.33. The number of aliphatic hydroxyl groups is 1. The molecule has 1 aromatic rings. The first kappa shape index (κ1) is 22.0. The van der Waals surface area contributed by atoms with Crippen LogP contribution >= 0.6 is 0 Å². The Kier molecular flexibility index (Phi) is 7.63. The molecule has 0 bridgehead atoms. The molecule has 6 heteroatoms. The Hall–Kier alpha value is -2.34. The first-order valence-corrected chi connectivity index (χ1v) is 9.91. The molecule has 1 unspecified atom stereocenters. The summed E-state index contributed by atoms with van der Waals surface area (Å²) in [6.45, 7) is 7.67. The molecule has 0 radical (unpaired) electrons. The van der Waals surface area contributed by atoms with E-state index in [9.17, 15) is 14.7 Å². The van der Waals surface area contributed by atoms with Gasteiger partial charge in [-0.25, -0.2) is 0 Å². The number of hydrogen-bond donors (Lipinski definition) is 1. The fourth-order valence-electron chi connectivity index (χ4n) is 3.47. The number of ketones is 1. The van der Waals surface area contributed by atoms with Gasteiger partial charge in [-0.05, 0) is 57.6 Å². The molecule has 0 fully saturated rings. The summed E-state index contributed by atoms with van der Waals surface area (Å²) in [5.41, 5.74) is 1.02. The minimum Gasteiger partial charge on any atom is -0.503 e. The summed E-state index contributed by atoms with van der Waals surface area (Å²) in [4.78, 5) is 29.3. The van der Waals surface area contributed by atoms with Crippen molar-refractivity contribution in [1.29, 1.82) is 0 Å². The number of amides is 1. The van der Waals surface area contributed by atoms with E-state index < -0.39 is 17.7 Å². The molecular weight excluding hydrogens is 356 g/mol. The van der Waals surface area contributed by atoms with Crippen LogP contribution in [0.3, 0.4) is 0 Å².